The Bertz CT molecular complexity index is 4620. The van der Waals surface area contributed by atoms with E-state index in [1.165, 1.54) is 164 Å². The summed E-state index contributed by atoms with van der Waals surface area (Å²) >= 11 is 0. The van der Waals surface area contributed by atoms with Gasteiger partial charge < -0.3 is 9.13 Å². The van der Waals surface area contributed by atoms with Crippen molar-refractivity contribution in [3.63, 3.8) is 0 Å². The molecule has 2 heterocycles. The molecule has 11 aromatic carbocycles. The lowest BCUT2D eigenvalue weighted by Crippen LogP contribution is -2.30. The van der Waals surface area contributed by atoms with Crippen LogP contribution in [0.4, 0.5) is 0 Å². The maximum absolute atomic E-state index is 2.53. The summed E-state index contributed by atoms with van der Waals surface area (Å²) in [5.74, 6) is 0. The maximum Gasteiger partial charge on any atom is 0.0541 e. The fourth-order valence-electron chi connectivity index (χ4n) is 13.7. The van der Waals surface area contributed by atoms with Gasteiger partial charge in [-0.2, -0.15) is 0 Å². The van der Waals surface area contributed by atoms with Gasteiger partial charge in [-0.05, 0) is 194 Å². The molecule has 13 aromatic rings. The molecular formula is C77H56N2. The standard InChI is InChI=1S/C77H56N2/c1-3-19-64(20-4-1)77(65-21-5-2-6-22-65)43-42-66(78-73-26-9-7-24-68(73)70-48-62(37-40-75(70)78)56-17-11-15-54(44-56)60-34-30-51-28-32-58(51)46-60)23-13-14-53-36-39-67(50-72(53)77)79-74-27-10-8-25-69(74)71-49-63(38-41-76(71)79)57-18-12-16-55(45-57)61-35-31-52-29-33-59(52)47-61/h1-13,15-27,30-31,34-42,44-50H,14,28-29,32-33,43H2/b23-13?,66-42+. The molecule has 374 valence electrons. The smallest absolute Gasteiger partial charge is 0.0541 e. The zero-order valence-corrected chi connectivity index (χ0v) is 44.0. The summed E-state index contributed by atoms with van der Waals surface area (Å²) < 4.78 is 5.02. The van der Waals surface area contributed by atoms with E-state index in [1.807, 2.05) is 0 Å². The lowest BCUT2D eigenvalue weighted by molar-refractivity contribution is 0.621. The predicted molar refractivity (Wildman–Crippen MR) is 331 cm³/mol. The van der Waals surface area contributed by atoms with Crippen molar-refractivity contribution in [3.8, 4) is 50.2 Å². The van der Waals surface area contributed by atoms with Crippen LogP contribution >= 0.6 is 0 Å². The minimum atomic E-state index is -0.543. The second kappa shape index (κ2) is 18.3. The molecule has 0 bridgehead atoms. The third-order valence-electron chi connectivity index (χ3n) is 18.0. The van der Waals surface area contributed by atoms with E-state index in [0.717, 1.165) is 18.5 Å². The number of nitrogens with zero attached hydrogens (tertiary/aromatic N) is 2. The normalized spacial score (nSPS) is 15.1. The number of hydrogen-bond acceptors (Lipinski definition) is 0. The maximum atomic E-state index is 2.53. The summed E-state index contributed by atoms with van der Waals surface area (Å²) in [6.07, 6.45) is 13.6. The molecule has 0 saturated heterocycles. The van der Waals surface area contributed by atoms with Crippen molar-refractivity contribution in [3.05, 3.63) is 311 Å². The summed E-state index contributed by atoms with van der Waals surface area (Å²) in [6.45, 7) is 0. The van der Waals surface area contributed by atoms with Gasteiger partial charge in [0.25, 0.3) is 0 Å². The van der Waals surface area contributed by atoms with E-state index < -0.39 is 5.41 Å². The largest absolute Gasteiger partial charge is 0.310 e. The van der Waals surface area contributed by atoms with Gasteiger partial charge in [-0.3, -0.25) is 0 Å². The molecule has 2 nitrogen and oxygen atoms in total. The molecule has 16 rings (SSSR count). The van der Waals surface area contributed by atoms with Gasteiger partial charge in [-0.1, -0.05) is 200 Å². The zero-order chi connectivity index (χ0) is 52.0. The van der Waals surface area contributed by atoms with Crippen LogP contribution in [0, 0.1) is 0 Å². The Balaban J connectivity index is 0.837. The minimum Gasteiger partial charge on any atom is -0.310 e. The number of allylic oxidation sites excluding steroid dienone is 4. The fourth-order valence-corrected chi connectivity index (χ4v) is 13.7. The van der Waals surface area contributed by atoms with Crippen LogP contribution < -0.4 is 0 Å². The molecule has 79 heavy (non-hydrogen) atoms. The number of fused-ring (bicyclic) bond motifs is 9. The molecule has 0 saturated carbocycles. The molecule has 2 aromatic heterocycles. The molecule has 3 aliphatic rings. The van der Waals surface area contributed by atoms with Crippen molar-refractivity contribution in [2.45, 2.75) is 43.9 Å². The number of benzene rings is 11. The van der Waals surface area contributed by atoms with Gasteiger partial charge in [-0.25, -0.2) is 0 Å². The molecule has 0 N–H and O–H groups in total. The van der Waals surface area contributed by atoms with Gasteiger partial charge in [0.05, 0.1) is 22.1 Å². The SMILES string of the molecule is C1=C/C(n2c3ccccc3c3cc(-c4cccc(-c5ccc6c(c5)CC6)c4)ccc32)=C\CC(c2ccccc2)(c2ccccc2)c2cc(-n3c4ccccc4c4cc(-c5cccc(-c6ccc7c(c6)CC7)c5)ccc43)ccc2C1. The van der Waals surface area contributed by atoms with Crippen LogP contribution in [0.5, 0.6) is 0 Å². The van der Waals surface area contributed by atoms with Crippen molar-refractivity contribution in [2.24, 2.45) is 0 Å². The van der Waals surface area contributed by atoms with Gasteiger partial charge in [0.1, 0.15) is 0 Å². The first-order chi connectivity index (χ1) is 39.1. The highest BCUT2D eigenvalue weighted by Gasteiger charge is 2.38. The number of para-hydroxylation sites is 2. The number of aromatic nitrogens is 2. The lowest BCUT2D eigenvalue weighted by atomic mass is 9.65. The fraction of sp³-hybridized carbons (Fsp3) is 0.0909. The number of aryl methyl sites for hydroxylation is 4. The first-order valence-electron chi connectivity index (χ1n) is 28.2. The Hall–Kier alpha value is -9.50. The molecule has 0 radical (unpaired) electrons. The molecule has 0 spiro atoms. The van der Waals surface area contributed by atoms with Crippen molar-refractivity contribution >= 4 is 49.3 Å². The molecule has 0 unspecified atom stereocenters. The molecular weight excluding hydrogens is 953 g/mol. The second-order valence-corrected chi connectivity index (χ2v) is 22.2. The molecule has 0 aliphatic heterocycles. The second-order valence-electron chi connectivity index (χ2n) is 22.2. The van der Waals surface area contributed by atoms with Crippen LogP contribution in [-0.4, -0.2) is 9.13 Å². The van der Waals surface area contributed by atoms with Crippen LogP contribution in [0.2, 0.25) is 0 Å². The van der Waals surface area contributed by atoms with Crippen LogP contribution in [0.1, 0.15) is 50.9 Å². The molecule has 0 amide bonds. The molecule has 0 fully saturated rings. The van der Waals surface area contributed by atoms with Crippen LogP contribution in [-0.2, 0) is 37.5 Å². The van der Waals surface area contributed by atoms with Crippen LogP contribution in [0.25, 0.3) is 99.5 Å². The first kappa shape index (κ1) is 45.7. The van der Waals surface area contributed by atoms with E-state index >= 15 is 0 Å². The lowest BCUT2D eigenvalue weighted by Gasteiger charge is -2.37. The van der Waals surface area contributed by atoms with Crippen molar-refractivity contribution in [2.75, 3.05) is 0 Å². The third-order valence-corrected chi connectivity index (χ3v) is 18.0. The molecule has 2 heteroatoms. The van der Waals surface area contributed by atoms with Crippen molar-refractivity contribution < 1.29 is 0 Å². The van der Waals surface area contributed by atoms with Crippen LogP contribution in [0.15, 0.2) is 267 Å². The Morgan fingerprint density at radius 2 is 0.747 bits per heavy atom. The Morgan fingerprint density at radius 1 is 0.304 bits per heavy atom. The minimum absolute atomic E-state index is 0.543. The highest BCUT2D eigenvalue weighted by Crippen LogP contribution is 2.48. The topological polar surface area (TPSA) is 9.86 Å². The van der Waals surface area contributed by atoms with Crippen LogP contribution in [0.3, 0.4) is 0 Å². The monoisotopic (exact) mass is 1010 g/mol. The summed E-state index contributed by atoms with van der Waals surface area (Å²) in [4.78, 5) is 0. The van der Waals surface area contributed by atoms with E-state index in [1.54, 1.807) is 0 Å². The van der Waals surface area contributed by atoms with Gasteiger partial charge in [0.15, 0.2) is 0 Å². The Labute approximate surface area is 461 Å². The molecule has 3 aliphatic carbocycles. The number of hydrogen-bond donors (Lipinski definition) is 0. The van der Waals surface area contributed by atoms with Crippen molar-refractivity contribution in [1.82, 2.24) is 9.13 Å². The Morgan fingerprint density at radius 3 is 1.28 bits per heavy atom. The molecule has 0 atom stereocenters. The van der Waals surface area contributed by atoms with Gasteiger partial charge in [0.2, 0.25) is 0 Å². The summed E-state index contributed by atoms with van der Waals surface area (Å²) in [5, 5.41) is 5.01. The quantitative estimate of drug-likeness (QED) is 0.144. The number of rotatable bonds is 8. The van der Waals surface area contributed by atoms with E-state index in [4.69, 9.17) is 0 Å². The van der Waals surface area contributed by atoms with E-state index in [0.29, 0.717) is 0 Å². The average Bonchev–Trinajstić information content (AvgIpc) is 4.05. The Kier molecular flexibility index (Phi) is 10.6. The van der Waals surface area contributed by atoms with E-state index in [2.05, 4.69) is 276 Å². The van der Waals surface area contributed by atoms with E-state index in [-0.39, 0.29) is 0 Å². The summed E-state index contributed by atoms with van der Waals surface area (Å²) in [5.41, 5.74) is 27.8. The average molecular weight is 1010 g/mol. The summed E-state index contributed by atoms with van der Waals surface area (Å²) in [6, 6.07) is 94.2. The highest BCUT2D eigenvalue weighted by atomic mass is 15.0. The third kappa shape index (κ3) is 7.46. The van der Waals surface area contributed by atoms with Gasteiger partial charge in [0, 0.05) is 38.3 Å². The predicted octanol–water partition coefficient (Wildman–Crippen LogP) is 19.1. The first-order valence-corrected chi connectivity index (χ1v) is 28.2. The summed E-state index contributed by atoms with van der Waals surface area (Å²) in [7, 11) is 0. The van der Waals surface area contributed by atoms with Gasteiger partial charge >= 0.3 is 0 Å². The van der Waals surface area contributed by atoms with Crippen molar-refractivity contribution in [1.29, 1.82) is 0 Å². The van der Waals surface area contributed by atoms with Gasteiger partial charge in [-0.15, -0.1) is 0 Å². The highest BCUT2D eigenvalue weighted by molar-refractivity contribution is 6.12. The van der Waals surface area contributed by atoms with E-state index in [9.17, 15) is 0 Å². The zero-order valence-electron chi connectivity index (χ0n) is 44.0.